The number of piperidine rings is 1. The Hall–Kier alpha value is -1.16. The molecule has 0 spiro atoms. The van der Waals surface area contributed by atoms with Gasteiger partial charge in [-0.15, -0.1) is 0 Å². The molecule has 4 nitrogen and oxygen atoms in total. The first-order valence-electron chi connectivity index (χ1n) is 8.65. The van der Waals surface area contributed by atoms with E-state index < -0.39 is 0 Å². The molecule has 0 unspecified atom stereocenters. The first-order valence-corrected chi connectivity index (χ1v) is 8.65. The van der Waals surface area contributed by atoms with Gasteiger partial charge in [0.15, 0.2) is 0 Å². The lowest BCUT2D eigenvalue weighted by Gasteiger charge is -2.44. The Balaban J connectivity index is 1.59. The summed E-state index contributed by atoms with van der Waals surface area (Å²) in [6, 6.07) is 0.798. The maximum Gasteiger partial charge on any atom is 0.144 e. The lowest BCUT2D eigenvalue weighted by atomic mass is 9.78. The topological polar surface area (TPSA) is 41.1 Å². The van der Waals surface area contributed by atoms with Crippen LogP contribution in [0, 0.1) is 5.92 Å². The van der Waals surface area contributed by atoms with Crippen molar-refractivity contribution in [3.8, 4) is 0 Å². The van der Waals surface area contributed by atoms with Crippen molar-refractivity contribution in [3.05, 3.63) is 18.1 Å². The number of nitrogens with zero attached hydrogens (tertiary/aromatic N) is 3. The lowest BCUT2D eigenvalue weighted by Crippen LogP contribution is -2.46. The van der Waals surface area contributed by atoms with Gasteiger partial charge in [0.05, 0.1) is 18.1 Å². The van der Waals surface area contributed by atoms with Gasteiger partial charge in [0, 0.05) is 19.1 Å². The van der Waals surface area contributed by atoms with Crippen molar-refractivity contribution in [2.45, 2.75) is 64.5 Å². The van der Waals surface area contributed by atoms with Crippen molar-refractivity contribution in [1.82, 2.24) is 14.9 Å². The predicted octanol–water partition coefficient (Wildman–Crippen LogP) is 3.45. The van der Waals surface area contributed by atoms with Crippen LogP contribution in [0.25, 0.3) is 0 Å². The second-order valence-electron chi connectivity index (χ2n) is 6.54. The van der Waals surface area contributed by atoms with Gasteiger partial charge in [-0.3, -0.25) is 9.88 Å². The van der Waals surface area contributed by atoms with Gasteiger partial charge in [0.25, 0.3) is 0 Å². The van der Waals surface area contributed by atoms with Crippen LogP contribution in [0.5, 0.6) is 0 Å². The fourth-order valence-electron chi connectivity index (χ4n) is 3.91. The molecular weight excluding hydrogens is 260 g/mol. The molecule has 21 heavy (non-hydrogen) atoms. The Labute approximate surface area is 128 Å². The minimum Gasteiger partial charge on any atom is -0.369 e. The van der Waals surface area contributed by atoms with Crippen molar-refractivity contribution in [1.29, 1.82) is 0 Å². The van der Waals surface area contributed by atoms with Gasteiger partial charge in [-0.2, -0.15) is 0 Å². The highest BCUT2D eigenvalue weighted by Crippen LogP contribution is 2.35. The number of fused-ring (bicyclic) bond motifs is 1. The molecule has 2 heterocycles. The van der Waals surface area contributed by atoms with E-state index in [0.717, 1.165) is 43.0 Å². The third kappa shape index (κ3) is 3.73. The molecule has 0 amide bonds. The van der Waals surface area contributed by atoms with Gasteiger partial charge < -0.3 is 5.32 Å². The van der Waals surface area contributed by atoms with Crippen LogP contribution in [-0.2, 0) is 6.54 Å². The van der Waals surface area contributed by atoms with Gasteiger partial charge in [-0.05, 0) is 44.6 Å². The largest absolute Gasteiger partial charge is 0.369 e. The van der Waals surface area contributed by atoms with Gasteiger partial charge in [0.2, 0.25) is 0 Å². The van der Waals surface area contributed by atoms with Crippen molar-refractivity contribution < 1.29 is 0 Å². The van der Waals surface area contributed by atoms with Crippen LogP contribution in [0.4, 0.5) is 5.82 Å². The van der Waals surface area contributed by atoms with Gasteiger partial charge in [0.1, 0.15) is 5.82 Å². The minimum atomic E-state index is 0.798. The van der Waals surface area contributed by atoms with Gasteiger partial charge in [-0.1, -0.05) is 19.8 Å². The standard InChI is InChI=1S/C17H28N4/c1-2-9-18-17-12-19-15(11-20-17)13-21-10-5-7-14-6-3-4-8-16(14)21/h11-12,14,16H,2-10,13H2,1H3,(H,18,20)/t14-,16-/m1/s1. The van der Waals surface area contributed by atoms with E-state index in [9.17, 15) is 0 Å². The number of hydrogen-bond donors (Lipinski definition) is 1. The predicted molar refractivity (Wildman–Crippen MR) is 86.2 cm³/mol. The van der Waals surface area contributed by atoms with Crippen molar-refractivity contribution in [3.63, 3.8) is 0 Å². The van der Waals surface area contributed by atoms with Crippen molar-refractivity contribution in [2.24, 2.45) is 5.92 Å². The smallest absolute Gasteiger partial charge is 0.144 e. The van der Waals surface area contributed by atoms with E-state index in [-0.39, 0.29) is 0 Å². The SMILES string of the molecule is CCCNc1cnc(CN2CCC[C@H]3CCCC[C@H]32)cn1. The van der Waals surface area contributed by atoms with E-state index >= 15 is 0 Å². The summed E-state index contributed by atoms with van der Waals surface area (Å²) in [7, 11) is 0. The number of aromatic nitrogens is 2. The van der Waals surface area contributed by atoms with E-state index in [2.05, 4.69) is 27.1 Å². The maximum absolute atomic E-state index is 4.60. The summed E-state index contributed by atoms with van der Waals surface area (Å²) in [5.74, 6) is 1.83. The highest BCUT2D eigenvalue weighted by atomic mass is 15.2. The Morgan fingerprint density at radius 3 is 2.81 bits per heavy atom. The summed E-state index contributed by atoms with van der Waals surface area (Å²) in [5.41, 5.74) is 1.11. The molecule has 1 N–H and O–H groups in total. The summed E-state index contributed by atoms with van der Waals surface area (Å²) in [4.78, 5) is 11.7. The molecular formula is C17H28N4. The maximum atomic E-state index is 4.60. The van der Waals surface area contributed by atoms with Crippen LogP contribution in [0.3, 0.4) is 0 Å². The first-order chi connectivity index (χ1) is 10.4. The highest BCUT2D eigenvalue weighted by Gasteiger charge is 2.33. The number of rotatable bonds is 5. The van der Waals surface area contributed by atoms with Gasteiger partial charge >= 0.3 is 0 Å². The van der Waals surface area contributed by atoms with E-state index in [1.165, 1.54) is 45.1 Å². The third-order valence-corrected chi connectivity index (χ3v) is 4.98. The van der Waals surface area contributed by atoms with Crippen LogP contribution < -0.4 is 5.32 Å². The Kier molecular flexibility index (Phi) is 5.07. The zero-order chi connectivity index (χ0) is 14.5. The summed E-state index contributed by atoms with van der Waals surface area (Å²) in [5, 5.41) is 3.28. The van der Waals surface area contributed by atoms with Crippen LogP contribution in [0.15, 0.2) is 12.4 Å². The molecule has 0 bridgehead atoms. The molecule has 1 aliphatic carbocycles. The van der Waals surface area contributed by atoms with E-state index in [4.69, 9.17) is 0 Å². The molecule has 116 valence electrons. The monoisotopic (exact) mass is 288 g/mol. The first kappa shape index (κ1) is 14.8. The average molecular weight is 288 g/mol. The molecule has 2 aliphatic rings. The third-order valence-electron chi connectivity index (χ3n) is 4.98. The molecule has 4 heteroatoms. The van der Waals surface area contributed by atoms with Crippen LogP contribution in [0.2, 0.25) is 0 Å². The molecule has 0 aromatic carbocycles. The highest BCUT2D eigenvalue weighted by molar-refractivity contribution is 5.30. The fraction of sp³-hybridized carbons (Fsp3) is 0.765. The Morgan fingerprint density at radius 2 is 2.00 bits per heavy atom. The van der Waals surface area contributed by atoms with Crippen molar-refractivity contribution >= 4 is 5.82 Å². The summed E-state index contributed by atoms with van der Waals surface area (Å²) >= 11 is 0. The lowest BCUT2D eigenvalue weighted by molar-refractivity contribution is 0.0536. The van der Waals surface area contributed by atoms with Crippen LogP contribution >= 0.6 is 0 Å². The van der Waals surface area contributed by atoms with Crippen LogP contribution in [-0.4, -0.2) is 34.0 Å². The molecule has 1 saturated carbocycles. The van der Waals surface area contributed by atoms with Crippen molar-refractivity contribution in [2.75, 3.05) is 18.4 Å². The Morgan fingerprint density at radius 1 is 1.14 bits per heavy atom. The number of hydrogen-bond acceptors (Lipinski definition) is 4. The molecule has 1 saturated heterocycles. The van der Waals surface area contributed by atoms with Gasteiger partial charge in [-0.25, -0.2) is 4.98 Å². The molecule has 3 rings (SSSR count). The molecule has 1 aromatic rings. The molecule has 2 atom stereocenters. The second-order valence-corrected chi connectivity index (χ2v) is 6.54. The zero-order valence-electron chi connectivity index (χ0n) is 13.2. The average Bonchev–Trinajstić information content (AvgIpc) is 2.55. The normalized spacial score (nSPS) is 26.3. The summed E-state index contributed by atoms with van der Waals surface area (Å²) in [6.07, 6.45) is 13.4. The number of nitrogens with one attached hydrogen (secondary N) is 1. The van der Waals surface area contributed by atoms with E-state index in [1.807, 2.05) is 12.4 Å². The second kappa shape index (κ2) is 7.21. The Bertz CT molecular complexity index is 429. The fourth-order valence-corrected chi connectivity index (χ4v) is 3.91. The number of anilines is 1. The van der Waals surface area contributed by atoms with Crippen LogP contribution in [0.1, 0.15) is 57.6 Å². The molecule has 1 aromatic heterocycles. The zero-order valence-corrected chi connectivity index (χ0v) is 13.2. The van der Waals surface area contributed by atoms with E-state index in [0.29, 0.717) is 0 Å². The molecule has 0 radical (unpaired) electrons. The van der Waals surface area contributed by atoms with E-state index in [1.54, 1.807) is 0 Å². The number of likely N-dealkylation sites (tertiary alicyclic amines) is 1. The summed E-state index contributed by atoms with van der Waals surface area (Å²) in [6.45, 7) is 5.33. The molecule has 2 fully saturated rings. The molecule has 1 aliphatic heterocycles. The summed E-state index contributed by atoms with van der Waals surface area (Å²) < 4.78 is 0. The minimum absolute atomic E-state index is 0.798. The quantitative estimate of drug-likeness (QED) is 0.901.